The summed E-state index contributed by atoms with van der Waals surface area (Å²) in [7, 11) is 0. The van der Waals surface area contributed by atoms with Gasteiger partial charge in [-0.05, 0) is 55.9 Å². The molecule has 5 rings (SSSR count). The van der Waals surface area contributed by atoms with Crippen LogP contribution in [0, 0.1) is 6.92 Å². The molecule has 1 aromatic carbocycles. The lowest BCUT2D eigenvalue weighted by atomic mass is 9.97. The standard InChI is InChI=1S/C28H37N5O3/c1-21-5-6-22-8-12-30(17-24(22)15-21)19-26(34)20-33-14-13-32(28(33)36)18-25-16-23(7-9-29-25)27(35)31-10-3-2-4-11-31/h5-7,9,15-16,26,34H,2-4,8,10-14,17-20H2,1H3/t26-/m1/s1. The molecular formula is C28H37N5O3. The van der Waals surface area contributed by atoms with Crippen LogP contribution in [0.2, 0.25) is 0 Å². The lowest BCUT2D eigenvalue weighted by Gasteiger charge is -2.31. The lowest BCUT2D eigenvalue weighted by molar-refractivity contribution is 0.0724. The van der Waals surface area contributed by atoms with E-state index in [2.05, 4.69) is 35.0 Å². The molecule has 4 heterocycles. The molecule has 8 heteroatoms. The van der Waals surface area contributed by atoms with Gasteiger partial charge < -0.3 is 19.8 Å². The number of carbonyl (C=O) groups excluding carboxylic acids is 2. The van der Waals surface area contributed by atoms with E-state index < -0.39 is 6.10 Å². The third-order valence-corrected chi connectivity index (χ3v) is 7.59. The molecule has 1 atom stereocenters. The van der Waals surface area contributed by atoms with Crippen LogP contribution in [0.5, 0.6) is 0 Å². The van der Waals surface area contributed by atoms with E-state index >= 15 is 0 Å². The van der Waals surface area contributed by atoms with E-state index in [-0.39, 0.29) is 11.9 Å². The predicted molar refractivity (Wildman–Crippen MR) is 138 cm³/mol. The highest BCUT2D eigenvalue weighted by Crippen LogP contribution is 2.21. The number of aromatic nitrogens is 1. The number of nitrogens with zero attached hydrogens (tertiary/aromatic N) is 5. The van der Waals surface area contributed by atoms with Crippen LogP contribution in [0.25, 0.3) is 0 Å². The average molecular weight is 492 g/mol. The molecule has 36 heavy (non-hydrogen) atoms. The van der Waals surface area contributed by atoms with Gasteiger partial charge in [0.15, 0.2) is 0 Å². The van der Waals surface area contributed by atoms with Crippen LogP contribution in [0.15, 0.2) is 36.5 Å². The van der Waals surface area contributed by atoms with Gasteiger partial charge in [0, 0.05) is 64.1 Å². The van der Waals surface area contributed by atoms with Gasteiger partial charge in [0.25, 0.3) is 5.91 Å². The zero-order chi connectivity index (χ0) is 25.1. The summed E-state index contributed by atoms with van der Waals surface area (Å²) in [5.41, 5.74) is 5.35. The number of urea groups is 1. The highest BCUT2D eigenvalue weighted by Gasteiger charge is 2.31. The van der Waals surface area contributed by atoms with Crippen LogP contribution in [0.4, 0.5) is 4.79 Å². The summed E-state index contributed by atoms with van der Waals surface area (Å²) in [5, 5.41) is 10.8. The van der Waals surface area contributed by atoms with Crippen LogP contribution in [-0.2, 0) is 19.5 Å². The molecule has 0 unspecified atom stereocenters. The Bertz CT molecular complexity index is 1100. The Hall–Kier alpha value is -2.97. The smallest absolute Gasteiger partial charge is 0.320 e. The van der Waals surface area contributed by atoms with Gasteiger partial charge in [0.2, 0.25) is 0 Å². The van der Waals surface area contributed by atoms with Gasteiger partial charge in [0.1, 0.15) is 0 Å². The van der Waals surface area contributed by atoms with E-state index in [1.54, 1.807) is 22.1 Å². The number of β-amino-alcohol motifs (C(OH)–C–C–N with tert-alkyl or cyclic N) is 1. The van der Waals surface area contributed by atoms with Gasteiger partial charge in [-0.1, -0.05) is 23.8 Å². The molecule has 0 aliphatic carbocycles. The molecule has 3 aliphatic rings. The molecule has 2 fully saturated rings. The van der Waals surface area contributed by atoms with Crippen molar-refractivity contribution in [2.75, 3.05) is 45.8 Å². The molecule has 0 bridgehead atoms. The number of aliphatic hydroxyl groups is 1. The molecule has 0 radical (unpaired) electrons. The average Bonchev–Trinajstić information content (AvgIpc) is 3.22. The van der Waals surface area contributed by atoms with Gasteiger partial charge in [0.05, 0.1) is 18.3 Å². The van der Waals surface area contributed by atoms with Gasteiger partial charge in [-0.3, -0.25) is 14.7 Å². The summed E-state index contributed by atoms with van der Waals surface area (Å²) in [6, 6.07) is 10.1. The first-order valence-corrected chi connectivity index (χ1v) is 13.2. The van der Waals surface area contributed by atoms with Gasteiger partial charge in [-0.15, -0.1) is 0 Å². The monoisotopic (exact) mass is 491 g/mol. The number of likely N-dealkylation sites (tertiary alicyclic amines) is 1. The van der Waals surface area contributed by atoms with Crippen molar-refractivity contribution in [3.05, 3.63) is 64.5 Å². The van der Waals surface area contributed by atoms with Crippen molar-refractivity contribution >= 4 is 11.9 Å². The first-order valence-electron chi connectivity index (χ1n) is 13.2. The van der Waals surface area contributed by atoms with E-state index in [0.717, 1.165) is 51.1 Å². The number of benzene rings is 1. The van der Waals surface area contributed by atoms with E-state index in [9.17, 15) is 14.7 Å². The van der Waals surface area contributed by atoms with Gasteiger partial charge in [-0.25, -0.2) is 4.79 Å². The molecule has 8 nitrogen and oxygen atoms in total. The fraction of sp³-hybridized carbons (Fsp3) is 0.536. The molecule has 1 N–H and O–H groups in total. The van der Waals surface area contributed by atoms with Crippen molar-refractivity contribution in [2.45, 2.75) is 51.8 Å². The number of pyridine rings is 1. The summed E-state index contributed by atoms with van der Waals surface area (Å²) in [5.74, 6) is 0.0475. The van der Waals surface area contributed by atoms with E-state index in [1.165, 1.54) is 23.1 Å². The lowest BCUT2D eigenvalue weighted by Crippen LogP contribution is -2.43. The minimum absolute atomic E-state index is 0.0475. The predicted octanol–water partition coefficient (Wildman–Crippen LogP) is 2.67. The largest absolute Gasteiger partial charge is 0.390 e. The van der Waals surface area contributed by atoms with Crippen molar-refractivity contribution in [3.63, 3.8) is 0 Å². The Balaban J connectivity index is 1.13. The molecule has 2 saturated heterocycles. The van der Waals surface area contributed by atoms with Gasteiger partial charge >= 0.3 is 6.03 Å². The maximum absolute atomic E-state index is 13.0. The Kier molecular flexibility index (Phi) is 7.53. The Morgan fingerprint density at radius 3 is 2.61 bits per heavy atom. The Morgan fingerprint density at radius 2 is 1.78 bits per heavy atom. The molecule has 0 spiro atoms. The zero-order valence-corrected chi connectivity index (χ0v) is 21.2. The van der Waals surface area contributed by atoms with Crippen molar-refractivity contribution in [2.24, 2.45) is 0 Å². The number of hydrogen-bond acceptors (Lipinski definition) is 5. The summed E-state index contributed by atoms with van der Waals surface area (Å²) in [6.45, 7) is 7.92. The molecule has 0 saturated carbocycles. The number of hydrogen-bond donors (Lipinski definition) is 1. The van der Waals surface area contributed by atoms with Crippen molar-refractivity contribution in [1.29, 1.82) is 0 Å². The fourth-order valence-corrected chi connectivity index (χ4v) is 5.63. The Morgan fingerprint density at radius 1 is 0.972 bits per heavy atom. The molecule has 3 aliphatic heterocycles. The van der Waals surface area contributed by atoms with Crippen molar-refractivity contribution in [1.82, 2.24) is 24.6 Å². The maximum Gasteiger partial charge on any atom is 0.320 e. The summed E-state index contributed by atoms with van der Waals surface area (Å²) in [4.78, 5) is 38.0. The normalized spacial score (nSPS) is 19.5. The number of carbonyl (C=O) groups is 2. The van der Waals surface area contributed by atoms with Crippen LogP contribution in [0.1, 0.15) is 52.0 Å². The molecule has 192 valence electrons. The van der Waals surface area contributed by atoms with E-state index in [1.807, 2.05) is 11.0 Å². The molecule has 3 amide bonds. The highest BCUT2D eigenvalue weighted by atomic mass is 16.3. The number of amides is 3. The zero-order valence-electron chi connectivity index (χ0n) is 21.2. The summed E-state index contributed by atoms with van der Waals surface area (Å²) < 4.78 is 0. The number of aliphatic hydroxyl groups excluding tert-OH is 1. The maximum atomic E-state index is 13.0. The molecule has 2 aromatic rings. The number of rotatable bonds is 7. The number of fused-ring (bicyclic) bond motifs is 1. The van der Waals surface area contributed by atoms with Crippen LogP contribution < -0.4 is 0 Å². The number of aryl methyl sites for hydroxylation is 1. The Labute approximate surface area is 213 Å². The minimum atomic E-state index is -0.594. The SMILES string of the molecule is Cc1ccc2c(c1)CN(C[C@@H](O)CN1CCN(Cc3cc(C(=O)N4CCCCC4)ccn3)C1=O)CC2. The molecular weight excluding hydrogens is 454 g/mol. The third-order valence-electron chi connectivity index (χ3n) is 7.59. The van der Waals surface area contributed by atoms with Gasteiger partial charge in [-0.2, -0.15) is 0 Å². The second kappa shape index (κ2) is 11.0. The topological polar surface area (TPSA) is 80.2 Å². The molecule has 1 aromatic heterocycles. The second-order valence-corrected chi connectivity index (χ2v) is 10.4. The fourth-order valence-electron chi connectivity index (χ4n) is 5.63. The second-order valence-electron chi connectivity index (χ2n) is 10.4. The van der Waals surface area contributed by atoms with E-state index in [0.29, 0.717) is 38.3 Å². The first-order chi connectivity index (χ1) is 17.5. The number of piperidine rings is 1. The van der Waals surface area contributed by atoms with Crippen LogP contribution in [-0.4, -0.2) is 93.5 Å². The first kappa shape index (κ1) is 24.7. The summed E-state index contributed by atoms with van der Waals surface area (Å²) >= 11 is 0. The van der Waals surface area contributed by atoms with E-state index in [4.69, 9.17) is 0 Å². The summed E-state index contributed by atoms with van der Waals surface area (Å²) in [6.07, 6.45) is 5.34. The quantitative estimate of drug-likeness (QED) is 0.644. The third kappa shape index (κ3) is 5.71. The van der Waals surface area contributed by atoms with Crippen LogP contribution >= 0.6 is 0 Å². The highest BCUT2D eigenvalue weighted by molar-refractivity contribution is 5.94. The minimum Gasteiger partial charge on any atom is -0.390 e. The van der Waals surface area contributed by atoms with Crippen molar-refractivity contribution in [3.8, 4) is 0 Å². The van der Waals surface area contributed by atoms with Crippen molar-refractivity contribution < 1.29 is 14.7 Å². The van der Waals surface area contributed by atoms with Crippen LogP contribution in [0.3, 0.4) is 0 Å².